The first-order valence-corrected chi connectivity index (χ1v) is 4.98. The minimum absolute atomic E-state index is 0.200. The Bertz CT molecular complexity index is 163. The third-order valence-electron chi connectivity index (χ3n) is 1.12. The summed E-state index contributed by atoms with van der Waals surface area (Å²) < 4.78 is 1.97. The second kappa shape index (κ2) is 6.66. The Morgan fingerprint density at radius 1 is 1.64 bits per heavy atom. The van der Waals surface area contributed by atoms with Crippen LogP contribution in [0.2, 0.25) is 0 Å². The van der Waals surface area contributed by atoms with Crippen molar-refractivity contribution in [3.8, 4) is 0 Å². The van der Waals surface area contributed by atoms with E-state index in [9.17, 15) is 0 Å². The fraction of sp³-hybridized carbons (Fsp3) is 0.375. The molecule has 0 aliphatic rings. The van der Waals surface area contributed by atoms with Crippen molar-refractivity contribution in [1.29, 1.82) is 0 Å². The molecule has 0 saturated heterocycles. The van der Waals surface area contributed by atoms with Crippen LogP contribution in [0.3, 0.4) is 0 Å². The number of rotatable bonds is 5. The Hall–Kier alpha value is -0.0417. The Morgan fingerprint density at radius 2 is 2.27 bits per heavy atom. The Morgan fingerprint density at radius 3 is 2.73 bits per heavy atom. The van der Waals surface area contributed by atoms with E-state index in [1.165, 1.54) is 19.4 Å². The summed E-state index contributed by atoms with van der Waals surface area (Å²) in [5.41, 5.74) is 0.837. The van der Waals surface area contributed by atoms with Gasteiger partial charge in [-0.15, -0.1) is 0 Å². The number of hydrogen-bond acceptors (Lipinski definition) is 2. The summed E-state index contributed by atoms with van der Waals surface area (Å²) in [6.07, 6.45) is 3.50. The summed E-state index contributed by atoms with van der Waals surface area (Å²) in [7, 11) is 0. The molecule has 1 unspecified atom stereocenters. The summed E-state index contributed by atoms with van der Waals surface area (Å²) >= 11 is 1.38. The molecule has 0 aliphatic heterocycles. The van der Waals surface area contributed by atoms with E-state index in [4.69, 9.17) is 10.2 Å². The fourth-order valence-electron chi connectivity index (χ4n) is 0.611. The standard InChI is InChI=1S/C8H12O2.W/c1-3-4-7(2)5-8(10)6-9;/h1,3-4,8-10H,2,5-6H2;/b4-3-;. The average Bonchev–Trinajstić information content (AvgIpc) is 2.00. The molecule has 0 fully saturated rings. The molecular formula is C8H12O2W. The van der Waals surface area contributed by atoms with Gasteiger partial charge in [0.1, 0.15) is 0 Å². The van der Waals surface area contributed by atoms with E-state index in [1.54, 1.807) is 0 Å². The Balaban J connectivity index is 3.68. The van der Waals surface area contributed by atoms with Crippen LogP contribution in [-0.4, -0.2) is 27.3 Å². The van der Waals surface area contributed by atoms with E-state index in [-0.39, 0.29) is 6.61 Å². The van der Waals surface area contributed by atoms with Gasteiger partial charge in [-0.3, -0.25) is 0 Å². The van der Waals surface area contributed by atoms with Crippen molar-refractivity contribution in [2.75, 3.05) is 6.61 Å². The summed E-state index contributed by atoms with van der Waals surface area (Å²) in [5, 5.41) is 17.5. The monoisotopic (exact) mass is 324 g/mol. The van der Waals surface area contributed by atoms with E-state index in [2.05, 4.69) is 6.58 Å². The van der Waals surface area contributed by atoms with Crippen LogP contribution in [0.15, 0.2) is 24.3 Å². The van der Waals surface area contributed by atoms with Gasteiger partial charge >= 0.3 is 77.4 Å². The molecule has 0 spiro atoms. The predicted molar refractivity (Wildman–Crippen MR) is 42.1 cm³/mol. The number of aliphatic hydroxyl groups is 2. The first-order valence-electron chi connectivity index (χ1n) is 3.29. The van der Waals surface area contributed by atoms with Crippen molar-refractivity contribution in [3.63, 3.8) is 0 Å². The molecular weight excluding hydrogens is 312 g/mol. The van der Waals surface area contributed by atoms with Gasteiger partial charge in [0.2, 0.25) is 0 Å². The van der Waals surface area contributed by atoms with Gasteiger partial charge in [-0.25, -0.2) is 0 Å². The van der Waals surface area contributed by atoms with E-state index < -0.39 is 6.10 Å². The number of hydrogen-bond donors (Lipinski definition) is 2. The molecule has 0 aromatic rings. The molecule has 0 aliphatic carbocycles. The molecule has 3 heteroatoms. The maximum atomic E-state index is 8.98. The van der Waals surface area contributed by atoms with Gasteiger partial charge in [-0.2, -0.15) is 0 Å². The van der Waals surface area contributed by atoms with Crippen LogP contribution in [0.1, 0.15) is 6.42 Å². The third-order valence-corrected chi connectivity index (χ3v) is 1.68. The van der Waals surface area contributed by atoms with Crippen LogP contribution >= 0.6 is 0 Å². The maximum absolute atomic E-state index is 8.98. The fourth-order valence-corrected chi connectivity index (χ4v) is 0.893. The van der Waals surface area contributed by atoms with Gasteiger partial charge in [-0.05, 0) is 0 Å². The topological polar surface area (TPSA) is 40.5 Å². The van der Waals surface area contributed by atoms with E-state index in [1.807, 2.05) is 16.6 Å². The van der Waals surface area contributed by atoms with Crippen LogP contribution < -0.4 is 0 Å². The van der Waals surface area contributed by atoms with Crippen LogP contribution in [0.5, 0.6) is 0 Å². The summed E-state index contributed by atoms with van der Waals surface area (Å²) in [5.74, 6) is 0. The minimum atomic E-state index is -0.670. The van der Waals surface area contributed by atoms with Crippen molar-refractivity contribution in [2.24, 2.45) is 0 Å². The molecule has 0 radical (unpaired) electrons. The number of aliphatic hydroxyl groups excluding tert-OH is 2. The van der Waals surface area contributed by atoms with Crippen molar-refractivity contribution in [2.45, 2.75) is 12.5 Å². The van der Waals surface area contributed by atoms with Gasteiger partial charge in [0.15, 0.2) is 0 Å². The van der Waals surface area contributed by atoms with E-state index >= 15 is 0 Å². The van der Waals surface area contributed by atoms with Crippen LogP contribution in [-0.2, 0) is 19.4 Å². The second-order valence-electron chi connectivity index (χ2n) is 2.19. The van der Waals surface area contributed by atoms with Crippen LogP contribution in [0.4, 0.5) is 0 Å². The molecule has 0 heterocycles. The Kier molecular flexibility index (Phi) is 6.63. The molecule has 1 atom stereocenters. The third kappa shape index (κ3) is 6.36. The molecule has 0 aromatic carbocycles. The normalized spacial score (nSPS) is 13.3. The molecule has 62 valence electrons. The van der Waals surface area contributed by atoms with Gasteiger partial charge < -0.3 is 0 Å². The first-order chi connectivity index (χ1) is 5.20. The van der Waals surface area contributed by atoms with Crippen molar-refractivity contribution >= 4 is 4.40 Å². The summed E-state index contributed by atoms with van der Waals surface area (Å²) in [6, 6.07) is 0. The van der Waals surface area contributed by atoms with Gasteiger partial charge in [0, 0.05) is 0 Å². The Labute approximate surface area is 77.7 Å². The zero-order valence-corrected chi connectivity index (χ0v) is 9.17. The molecule has 2 N–H and O–H groups in total. The van der Waals surface area contributed by atoms with Crippen LogP contribution in [0.25, 0.3) is 0 Å². The van der Waals surface area contributed by atoms with Crippen molar-refractivity contribution in [3.05, 3.63) is 24.3 Å². The number of allylic oxidation sites excluding steroid dienone is 2. The van der Waals surface area contributed by atoms with Crippen molar-refractivity contribution < 1.29 is 29.6 Å². The quantitative estimate of drug-likeness (QED) is 0.709. The molecule has 0 bridgehead atoms. The van der Waals surface area contributed by atoms with E-state index in [0.29, 0.717) is 6.42 Å². The summed E-state index contributed by atoms with van der Waals surface area (Å²) in [4.78, 5) is 0. The van der Waals surface area contributed by atoms with Crippen LogP contribution in [0, 0.1) is 0 Å². The average molecular weight is 324 g/mol. The molecule has 0 amide bonds. The second-order valence-corrected chi connectivity index (χ2v) is 3.17. The molecule has 2 nitrogen and oxygen atoms in total. The molecule has 0 rings (SSSR count). The molecule has 0 aromatic heterocycles. The SMILES string of the molecule is C=C(/C=C\[CH]=[W])CC(O)CO. The molecule has 11 heavy (non-hydrogen) atoms. The van der Waals surface area contributed by atoms with Crippen molar-refractivity contribution in [1.82, 2.24) is 0 Å². The zero-order chi connectivity index (χ0) is 8.69. The summed E-state index contributed by atoms with van der Waals surface area (Å²) in [6.45, 7) is 3.51. The van der Waals surface area contributed by atoms with Gasteiger partial charge in [0.05, 0.1) is 0 Å². The van der Waals surface area contributed by atoms with Gasteiger partial charge in [0.25, 0.3) is 0 Å². The first kappa shape index (κ1) is 11.0. The zero-order valence-electron chi connectivity index (χ0n) is 6.23. The molecule has 0 saturated carbocycles. The van der Waals surface area contributed by atoms with E-state index in [0.717, 1.165) is 5.57 Å². The van der Waals surface area contributed by atoms with Gasteiger partial charge in [-0.1, -0.05) is 0 Å². The predicted octanol–water partition coefficient (Wildman–Crippen LogP) is 0.191.